The molecule has 134 valence electrons. The molecule has 1 aliphatic rings. The van der Waals surface area contributed by atoms with E-state index < -0.39 is 0 Å². The van der Waals surface area contributed by atoms with Crippen LogP contribution in [0.15, 0.2) is 24.3 Å². The van der Waals surface area contributed by atoms with Gasteiger partial charge in [-0.2, -0.15) is 0 Å². The second kappa shape index (κ2) is 9.64. The van der Waals surface area contributed by atoms with E-state index in [9.17, 15) is 9.90 Å². The molecule has 0 aliphatic carbocycles. The van der Waals surface area contributed by atoms with E-state index in [1.807, 2.05) is 29.2 Å². The summed E-state index contributed by atoms with van der Waals surface area (Å²) in [6.45, 7) is 8.44. The lowest BCUT2D eigenvalue weighted by molar-refractivity contribution is 0.0473. The van der Waals surface area contributed by atoms with E-state index in [1.165, 1.54) is 0 Å². The molecule has 0 saturated carbocycles. The fourth-order valence-corrected chi connectivity index (χ4v) is 3.19. The van der Waals surface area contributed by atoms with Gasteiger partial charge in [0.1, 0.15) is 0 Å². The Labute approximate surface area is 145 Å². The van der Waals surface area contributed by atoms with E-state index in [2.05, 4.69) is 24.1 Å². The number of amides is 1. The van der Waals surface area contributed by atoms with Gasteiger partial charge in [0.15, 0.2) is 0 Å². The number of hydrogen-bond acceptors (Lipinski definition) is 4. The zero-order chi connectivity index (χ0) is 17.4. The van der Waals surface area contributed by atoms with Crippen LogP contribution in [0.4, 0.5) is 5.69 Å². The molecule has 1 atom stereocenters. The fourth-order valence-electron chi connectivity index (χ4n) is 3.19. The van der Waals surface area contributed by atoms with Crippen molar-refractivity contribution in [2.24, 2.45) is 0 Å². The van der Waals surface area contributed by atoms with Gasteiger partial charge in [-0.25, -0.2) is 0 Å². The molecule has 1 aromatic carbocycles. The van der Waals surface area contributed by atoms with Gasteiger partial charge in [0.25, 0.3) is 5.91 Å². The van der Waals surface area contributed by atoms with Crippen molar-refractivity contribution in [1.82, 2.24) is 9.80 Å². The lowest BCUT2D eigenvalue weighted by Gasteiger charge is -2.38. The first-order valence-electron chi connectivity index (χ1n) is 9.18. The molecule has 1 heterocycles. The zero-order valence-electron chi connectivity index (χ0n) is 15.0. The molecule has 24 heavy (non-hydrogen) atoms. The molecule has 0 aromatic heterocycles. The van der Waals surface area contributed by atoms with Gasteiger partial charge in [-0.05, 0) is 25.0 Å². The van der Waals surface area contributed by atoms with Crippen LogP contribution in [0.5, 0.6) is 0 Å². The molecule has 0 radical (unpaired) electrons. The molecular formula is C19H31N3O2. The number of unbranched alkanes of at least 4 members (excludes halogenated alkanes) is 1. The zero-order valence-corrected chi connectivity index (χ0v) is 15.0. The Balaban J connectivity index is 1.98. The van der Waals surface area contributed by atoms with Crippen LogP contribution < -0.4 is 5.32 Å². The molecule has 1 aliphatic heterocycles. The van der Waals surface area contributed by atoms with Crippen LogP contribution in [0.3, 0.4) is 0 Å². The van der Waals surface area contributed by atoms with Crippen molar-refractivity contribution in [3.63, 3.8) is 0 Å². The summed E-state index contributed by atoms with van der Waals surface area (Å²) in [6, 6.07) is 8.00. The van der Waals surface area contributed by atoms with Crippen molar-refractivity contribution in [2.75, 3.05) is 44.6 Å². The van der Waals surface area contributed by atoms with Crippen LogP contribution in [0.2, 0.25) is 0 Å². The minimum Gasteiger partial charge on any atom is -0.395 e. The lowest BCUT2D eigenvalue weighted by Crippen LogP contribution is -2.52. The van der Waals surface area contributed by atoms with Crippen molar-refractivity contribution in [3.05, 3.63) is 29.8 Å². The normalized spacial score (nSPS) is 16.9. The largest absolute Gasteiger partial charge is 0.395 e. The number of anilines is 1. The first-order valence-corrected chi connectivity index (χ1v) is 9.18. The minimum absolute atomic E-state index is 0.103. The van der Waals surface area contributed by atoms with Crippen LogP contribution >= 0.6 is 0 Å². The number of hydrogen-bond donors (Lipinski definition) is 2. The summed E-state index contributed by atoms with van der Waals surface area (Å²) in [4.78, 5) is 17.1. The van der Waals surface area contributed by atoms with Gasteiger partial charge in [-0.3, -0.25) is 9.69 Å². The van der Waals surface area contributed by atoms with E-state index in [0.717, 1.165) is 63.2 Å². The molecule has 0 bridgehead atoms. The predicted octanol–water partition coefficient (Wildman–Crippen LogP) is 2.43. The summed E-state index contributed by atoms with van der Waals surface area (Å²) >= 11 is 0. The summed E-state index contributed by atoms with van der Waals surface area (Å²) in [5, 5.41) is 12.8. The summed E-state index contributed by atoms with van der Waals surface area (Å²) in [6.07, 6.45) is 3.17. The van der Waals surface area contributed by atoms with Crippen LogP contribution in [-0.2, 0) is 0 Å². The number of nitrogens with zero attached hydrogens (tertiary/aromatic N) is 2. The highest BCUT2D eigenvalue weighted by Crippen LogP contribution is 2.19. The average Bonchev–Trinajstić information content (AvgIpc) is 2.63. The summed E-state index contributed by atoms with van der Waals surface area (Å²) in [5.74, 6) is 0.103. The summed E-state index contributed by atoms with van der Waals surface area (Å²) in [7, 11) is 0. The van der Waals surface area contributed by atoms with Gasteiger partial charge in [-0.15, -0.1) is 0 Å². The quantitative estimate of drug-likeness (QED) is 0.718. The number of rotatable bonds is 8. The molecule has 1 aromatic rings. The Hall–Kier alpha value is -1.59. The number of aliphatic hydroxyl groups is 1. The highest BCUT2D eigenvalue weighted by molar-refractivity contribution is 5.99. The van der Waals surface area contributed by atoms with Crippen LogP contribution in [0.1, 0.15) is 43.5 Å². The van der Waals surface area contributed by atoms with E-state index in [-0.39, 0.29) is 18.6 Å². The maximum atomic E-state index is 12.9. The van der Waals surface area contributed by atoms with Crippen molar-refractivity contribution < 1.29 is 9.90 Å². The molecular weight excluding hydrogens is 302 g/mol. The molecule has 5 heteroatoms. The predicted molar refractivity (Wildman–Crippen MR) is 98.5 cm³/mol. The first kappa shape index (κ1) is 18.7. The number of para-hydroxylation sites is 1. The maximum absolute atomic E-state index is 12.9. The van der Waals surface area contributed by atoms with E-state index in [0.29, 0.717) is 0 Å². The Bertz CT molecular complexity index is 509. The van der Waals surface area contributed by atoms with Gasteiger partial charge >= 0.3 is 0 Å². The standard InChI is InChI=1S/C19H31N3O2/c1-3-5-10-20-18-9-7-6-8-17(18)19(24)22-13-11-21(12-14-22)16(4-2)15-23/h6-9,16,20,23H,3-5,10-15H2,1-2H3. The van der Waals surface area contributed by atoms with Crippen molar-refractivity contribution in [2.45, 2.75) is 39.2 Å². The van der Waals surface area contributed by atoms with Gasteiger partial charge in [0.2, 0.25) is 0 Å². The Kier molecular flexibility index (Phi) is 7.53. The summed E-state index contributed by atoms with van der Waals surface area (Å²) in [5.41, 5.74) is 1.69. The van der Waals surface area contributed by atoms with Crippen LogP contribution in [-0.4, -0.2) is 66.2 Å². The van der Waals surface area contributed by atoms with E-state index in [1.54, 1.807) is 0 Å². The molecule has 1 saturated heterocycles. The number of aliphatic hydroxyl groups excluding tert-OH is 1. The van der Waals surface area contributed by atoms with E-state index >= 15 is 0 Å². The number of carbonyl (C=O) groups excluding carboxylic acids is 1. The Morgan fingerprint density at radius 2 is 1.92 bits per heavy atom. The fraction of sp³-hybridized carbons (Fsp3) is 0.632. The number of benzene rings is 1. The number of carbonyl (C=O) groups is 1. The highest BCUT2D eigenvalue weighted by atomic mass is 16.3. The third-order valence-electron chi connectivity index (χ3n) is 4.80. The monoisotopic (exact) mass is 333 g/mol. The molecule has 0 spiro atoms. The molecule has 2 rings (SSSR count). The third-order valence-corrected chi connectivity index (χ3v) is 4.80. The van der Waals surface area contributed by atoms with E-state index in [4.69, 9.17) is 0 Å². The number of piperazine rings is 1. The van der Waals surface area contributed by atoms with Crippen molar-refractivity contribution in [3.8, 4) is 0 Å². The smallest absolute Gasteiger partial charge is 0.256 e. The topological polar surface area (TPSA) is 55.8 Å². The van der Waals surface area contributed by atoms with Crippen molar-refractivity contribution >= 4 is 11.6 Å². The van der Waals surface area contributed by atoms with Crippen LogP contribution in [0.25, 0.3) is 0 Å². The SMILES string of the molecule is CCCCNc1ccccc1C(=O)N1CCN(C(CC)CO)CC1. The molecule has 1 amide bonds. The molecule has 1 unspecified atom stereocenters. The Morgan fingerprint density at radius 1 is 1.21 bits per heavy atom. The average molecular weight is 333 g/mol. The first-order chi connectivity index (χ1) is 11.7. The molecule has 1 fully saturated rings. The molecule has 5 nitrogen and oxygen atoms in total. The minimum atomic E-state index is 0.103. The van der Waals surface area contributed by atoms with Gasteiger partial charge < -0.3 is 15.3 Å². The second-order valence-corrected chi connectivity index (χ2v) is 6.40. The third kappa shape index (κ3) is 4.71. The van der Waals surface area contributed by atoms with Gasteiger partial charge in [-0.1, -0.05) is 32.4 Å². The number of nitrogens with one attached hydrogen (secondary N) is 1. The highest BCUT2D eigenvalue weighted by Gasteiger charge is 2.26. The Morgan fingerprint density at radius 3 is 2.54 bits per heavy atom. The van der Waals surface area contributed by atoms with Crippen molar-refractivity contribution in [1.29, 1.82) is 0 Å². The second-order valence-electron chi connectivity index (χ2n) is 6.40. The lowest BCUT2D eigenvalue weighted by atomic mass is 10.1. The van der Waals surface area contributed by atoms with Crippen LogP contribution in [0, 0.1) is 0 Å². The maximum Gasteiger partial charge on any atom is 0.256 e. The van der Waals surface area contributed by atoms with Gasteiger partial charge in [0, 0.05) is 44.5 Å². The molecule has 2 N–H and O–H groups in total. The van der Waals surface area contributed by atoms with Gasteiger partial charge in [0.05, 0.1) is 12.2 Å². The summed E-state index contributed by atoms with van der Waals surface area (Å²) < 4.78 is 0.